The van der Waals surface area contributed by atoms with Crippen molar-refractivity contribution in [1.82, 2.24) is 0 Å². The summed E-state index contributed by atoms with van der Waals surface area (Å²) in [6.07, 6.45) is 0. The zero-order chi connectivity index (χ0) is 31.7. The molecule has 0 spiro atoms. The minimum absolute atomic E-state index is 0.144. The molecule has 1 aliphatic rings. The Morgan fingerprint density at radius 3 is 1.87 bits per heavy atom. The third kappa shape index (κ3) is 4.20. The minimum atomic E-state index is -2.26. The molecule has 1 atom stereocenters. The van der Waals surface area contributed by atoms with Crippen LogP contribution in [0.3, 0.4) is 0 Å². The number of rotatable bonds is 4. The van der Waals surface area contributed by atoms with Gasteiger partial charge in [-0.3, -0.25) is 0 Å². The molecule has 0 aliphatic heterocycles. The Morgan fingerprint density at radius 1 is 0.447 bits per heavy atom. The van der Waals surface area contributed by atoms with E-state index in [-0.39, 0.29) is 5.41 Å². The van der Waals surface area contributed by atoms with E-state index in [0.717, 1.165) is 32.5 Å². The molecule has 1 unspecified atom stereocenters. The van der Waals surface area contributed by atoms with Gasteiger partial charge in [0.05, 0.1) is 0 Å². The van der Waals surface area contributed by atoms with E-state index >= 15 is 0 Å². The Bertz CT molecular complexity index is 2550. The van der Waals surface area contributed by atoms with E-state index in [9.17, 15) is 4.57 Å². The van der Waals surface area contributed by atoms with Crippen LogP contribution in [-0.2, 0) is 9.98 Å². The summed E-state index contributed by atoms with van der Waals surface area (Å²) >= 11 is 0. The van der Waals surface area contributed by atoms with E-state index < -0.39 is 7.80 Å². The minimum Gasteiger partial charge on any atom is -0.317 e. The van der Waals surface area contributed by atoms with Crippen molar-refractivity contribution >= 4 is 50.7 Å². The number of fused-ring (bicyclic) bond motifs is 5. The van der Waals surface area contributed by atoms with Gasteiger partial charge in [-0.15, -0.1) is 0 Å². The van der Waals surface area contributed by atoms with Crippen LogP contribution in [0.5, 0.6) is 0 Å². The van der Waals surface area contributed by atoms with Crippen LogP contribution in [-0.4, -0.2) is 0 Å². The molecule has 1 nitrogen and oxygen atoms in total. The first-order chi connectivity index (χ1) is 23.0. The summed E-state index contributed by atoms with van der Waals surface area (Å²) in [6.45, 7) is 4.71. The standard InChI is InChI=1S/C45H33OP/c1-45(2)39-22-12-11-20-36(39)43-34-19-10-9-18-33(34)42(37-21-13-23-40(45)44(37)43)35-26-27-41(47(46)31-16-7-4-8-17-31)38-28-30(24-25-32(35)38)29-14-5-3-6-15-29/h3-28,47H,1-2H3. The zero-order valence-corrected chi connectivity index (χ0v) is 27.4. The SMILES string of the molecule is CC1(C)c2ccccc2-c2c3ccccc3c(-c3ccc([PH](=O)c4ccccc4)c4cc(-c5ccccc5)ccc34)c3cccc1c23. The van der Waals surface area contributed by atoms with Crippen molar-refractivity contribution in [3.63, 3.8) is 0 Å². The lowest BCUT2D eigenvalue weighted by Gasteiger charge is -2.36. The van der Waals surface area contributed by atoms with E-state index in [4.69, 9.17) is 0 Å². The first kappa shape index (κ1) is 28.0. The molecule has 224 valence electrons. The molecular weight excluding hydrogens is 587 g/mol. The molecule has 9 rings (SSSR count). The Balaban J connectivity index is 1.41. The fourth-order valence-corrected chi connectivity index (χ4v) is 9.52. The summed E-state index contributed by atoms with van der Waals surface area (Å²) in [7, 11) is -2.26. The normalized spacial score (nSPS) is 13.9. The summed E-state index contributed by atoms with van der Waals surface area (Å²) in [4.78, 5) is 0. The van der Waals surface area contributed by atoms with Crippen molar-refractivity contribution in [3.05, 3.63) is 169 Å². The highest BCUT2D eigenvalue weighted by Crippen LogP contribution is 2.54. The van der Waals surface area contributed by atoms with Crippen molar-refractivity contribution in [2.75, 3.05) is 0 Å². The molecule has 0 bridgehead atoms. The molecule has 0 N–H and O–H groups in total. The lowest BCUT2D eigenvalue weighted by atomic mass is 9.67. The molecule has 0 radical (unpaired) electrons. The van der Waals surface area contributed by atoms with Gasteiger partial charge in [0.25, 0.3) is 0 Å². The first-order valence-corrected chi connectivity index (χ1v) is 17.7. The van der Waals surface area contributed by atoms with E-state index in [1.165, 1.54) is 54.9 Å². The predicted molar refractivity (Wildman–Crippen MR) is 202 cm³/mol. The van der Waals surface area contributed by atoms with Crippen LogP contribution < -0.4 is 10.6 Å². The second-order valence-electron chi connectivity index (χ2n) is 13.2. The van der Waals surface area contributed by atoms with Gasteiger partial charge < -0.3 is 4.57 Å². The molecule has 0 saturated heterocycles. The average molecular weight is 621 g/mol. The fraction of sp³-hybridized carbons (Fsp3) is 0.0667. The largest absolute Gasteiger partial charge is 0.317 e. The summed E-state index contributed by atoms with van der Waals surface area (Å²) in [5.74, 6) is 0. The Hall–Kier alpha value is -5.23. The molecule has 0 saturated carbocycles. The summed E-state index contributed by atoms with van der Waals surface area (Å²) < 4.78 is 14.3. The Labute approximate surface area is 275 Å². The third-order valence-corrected chi connectivity index (χ3v) is 12.0. The third-order valence-electron chi connectivity index (χ3n) is 10.3. The van der Waals surface area contributed by atoms with Gasteiger partial charge in [-0.25, -0.2) is 0 Å². The summed E-state index contributed by atoms with van der Waals surface area (Å²) in [6, 6.07) is 56.1. The van der Waals surface area contributed by atoms with Crippen molar-refractivity contribution in [3.8, 4) is 33.4 Å². The van der Waals surface area contributed by atoms with Crippen LogP contribution >= 0.6 is 7.80 Å². The van der Waals surface area contributed by atoms with Gasteiger partial charge in [0.15, 0.2) is 0 Å². The lowest BCUT2D eigenvalue weighted by molar-refractivity contribution is 0.598. The highest BCUT2D eigenvalue weighted by molar-refractivity contribution is 7.62. The highest BCUT2D eigenvalue weighted by atomic mass is 31.1. The molecule has 8 aromatic carbocycles. The number of benzene rings is 8. The zero-order valence-electron chi connectivity index (χ0n) is 26.4. The maximum Gasteiger partial charge on any atom is 0.132 e. The summed E-state index contributed by atoms with van der Waals surface area (Å²) in [5.41, 5.74) is 9.91. The molecule has 0 amide bonds. The van der Waals surface area contributed by atoms with Gasteiger partial charge >= 0.3 is 0 Å². The van der Waals surface area contributed by atoms with Crippen molar-refractivity contribution in [2.45, 2.75) is 19.3 Å². The number of hydrogen-bond acceptors (Lipinski definition) is 1. The van der Waals surface area contributed by atoms with Crippen LogP contribution in [0.4, 0.5) is 0 Å². The molecule has 0 aromatic heterocycles. The van der Waals surface area contributed by atoms with E-state index in [1.807, 2.05) is 36.4 Å². The topological polar surface area (TPSA) is 17.1 Å². The smallest absolute Gasteiger partial charge is 0.132 e. The lowest BCUT2D eigenvalue weighted by Crippen LogP contribution is -2.23. The second-order valence-corrected chi connectivity index (χ2v) is 15.0. The van der Waals surface area contributed by atoms with E-state index in [1.54, 1.807) is 0 Å². The Kier molecular flexibility index (Phi) is 6.36. The Morgan fingerprint density at radius 2 is 1.09 bits per heavy atom. The van der Waals surface area contributed by atoms with Crippen LogP contribution in [0, 0.1) is 0 Å². The quantitative estimate of drug-likeness (QED) is 0.141. The molecule has 47 heavy (non-hydrogen) atoms. The van der Waals surface area contributed by atoms with Gasteiger partial charge in [-0.2, -0.15) is 0 Å². The van der Waals surface area contributed by atoms with Crippen LogP contribution in [0.25, 0.3) is 65.7 Å². The van der Waals surface area contributed by atoms with Gasteiger partial charge in [0.1, 0.15) is 7.80 Å². The molecular formula is C45H33OP. The van der Waals surface area contributed by atoms with Crippen molar-refractivity contribution < 1.29 is 4.57 Å². The number of hydrogen-bond donors (Lipinski definition) is 0. The van der Waals surface area contributed by atoms with Gasteiger partial charge in [-0.05, 0) is 82.9 Å². The predicted octanol–water partition coefficient (Wildman–Crippen LogP) is 11.3. The maximum absolute atomic E-state index is 14.3. The molecule has 2 heteroatoms. The highest BCUT2D eigenvalue weighted by Gasteiger charge is 2.35. The van der Waals surface area contributed by atoms with Gasteiger partial charge in [0.2, 0.25) is 0 Å². The molecule has 8 aromatic rings. The molecule has 0 heterocycles. The van der Waals surface area contributed by atoms with Crippen LogP contribution in [0.2, 0.25) is 0 Å². The first-order valence-electron chi connectivity index (χ1n) is 16.3. The monoisotopic (exact) mass is 620 g/mol. The van der Waals surface area contributed by atoms with E-state index in [0.29, 0.717) is 0 Å². The fourth-order valence-electron chi connectivity index (χ4n) is 8.03. The summed E-state index contributed by atoms with van der Waals surface area (Å²) in [5, 5.41) is 9.05. The average Bonchev–Trinajstić information content (AvgIpc) is 3.13. The van der Waals surface area contributed by atoms with Crippen LogP contribution in [0.1, 0.15) is 25.0 Å². The molecule has 1 aliphatic carbocycles. The molecule has 0 fully saturated rings. The van der Waals surface area contributed by atoms with E-state index in [2.05, 4.69) is 135 Å². The second kappa shape index (κ2) is 10.7. The van der Waals surface area contributed by atoms with Gasteiger partial charge in [-0.1, -0.05) is 166 Å². The van der Waals surface area contributed by atoms with Crippen molar-refractivity contribution in [2.24, 2.45) is 0 Å². The van der Waals surface area contributed by atoms with Gasteiger partial charge in [0, 0.05) is 16.0 Å². The van der Waals surface area contributed by atoms with Crippen LogP contribution in [0.15, 0.2) is 158 Å². The maximum atomic E-state index is 14.3. The van der Waals surface area contributed by atoms with Crippen molar-refractivity contribution in [1.29, 1.82) is 0 Å².